The summed E-state index contributed by atoms with van der Waals surface area (Å²) in [6, 6.07) is 13.4. The first-order valence-electron chi connectivity index (χ1n) is 10.1. The van der Waals surface area contributed by atoms with E-state index in [1.807, 2.05) is 0 Å². The van der Waals surface area contributed by atoms with Crippen LogP contribution in [0.1, 0.15) is 32.1 Å². The van der Waals surface area contributed by atoms with Crippen LogP contribution in [0.5, 0.6) is 0 Å². The van der Waals surface area contributed by atoms with E-state index in [9.17, 15) is 14.4 Å². The van der Waals surface area contributed by atoms with Gasteiger partial charge < -0.3 is 4.90 Å². The lowest BCUT2D eigenvalue weighted by Gasteiger charge is -2.16. The SMILES string of the molecule is CN(C)C(=O)c1cc(-n2ccccc2=O)ccc1-n1cc(CCC(=O)c2ccc(Cl)s2)nn1. The first-order valence-corrected chi connectivity index (χ1v) is 11.3. The van der Waals surface area contributed by atoms with Gasteiger partial charge in [0.05, 0.1) is 32.4 Å². The number of ketones is 1. The highest BCUT2D eigenvalue weighted by Crippen LogP contribution is 2.23. The fraction of sp³-hybridized carbons (Fsp3) is 0.174. The molecule has 0 saturated heterocycles. The van der Waals surface area contributed by atoms with E-state index in [0.717, 1.165) is 0 Å². The van der Waals surface area contributed by atoms with Crippen molar-refractivity contribution >= 4 is 34.6 Å². The van der Waals surface area contributed by atoms with Crippen molar-refractivity contribution in [1.29, 1.82) is 0 Å². The number of halogens is 1. The largest absolute Gasteiger partial charge is 0.345 e. The van der Waals surface area contributed by atoms with Gasteiger partial charge in [0, 0.05) is 44.9 Å². The van der Waals surface area contributed by atoms with E-state index >= 15 is 0 Å². The number of rotatable bonds is 7. The molecule has 33 heavy (non-hydrogen) atoms. The highest BCUT2D eigenvalue weighted by atomic mass is 35.5. The van der Waals surface area contributed by atoms with Crippen LogP contribution in [0.3, 0.4) is 0 Å². The number of nitrogens with zero attached hydrogens (tertiary/aromatic N) is 5. The van der Waals surface area contributed by atoms with Crippen LogP contribution in [0.15, 0.2) is 65.7 Å². The van der Waals surface area contributed by atoms with Crippen molar-refractivity contribution in [3.05, 3.63) is 91.7 Å². The van der Waals surface area contributed by atoms with Crippen LogP contribution >= 0.6 is 22.9 Å². The molecule has 0 saturated carbocycles. The summed E-state index contributed by atoms with van der Waals surface area (Å²) < 4.78 is 3.55. The third kappa shape index (κ3) is 4.94. The van der Waals surface area contributed by atoms with Crippen molar-refractivity contribution in [3.8, 4) is 11.4 Å². The van der Waals surface area contributed by atoms with E-state index < -0.39 is 0 Å². The van der Waals surface area contributed by atoms with Gasteiger partial charge in [-0.3, -0.25) is 19.0 Å². The summed E-state index contributed by atoms with van der Waals surface area (Å²) in [5, 5.41) is 8.32. The van der Waals surface area contributed by atoms with E-state index in [2.05, 4.69) is 10.3 Å². The molecular formula is C23H20ClN5O3S. The lowest BCUT2D eigenvalue weighted by molar-refractivity contribution is 0.0827. The maximum Gasteiger partial charge on any atom is 0.255 e. The van der Waals surface area contributed by atoms with Crippen LogP contribution in [0.25, 0.3) is 11.4 Å². The smallest absolute Gasteiger partial charge is 0.255 e. The molecule has 0 unspecified atom stereocenters. The zero-order valence-corrected chi connectivity index (χ0v) is 19.5. The van der Waals surface area contributed by atoms with Crippen molar-refractivity contribution < 1.29 is 9.59 Å². The minimum absolute atomic E-state index is 0.0115. The summed E-state index contributed by atoms with van der Waals surface area (Å²) >= 11 is 7.15. The van der Waals surface area contributed by atoms with Gasteiger partial charge in [0.1, 0.15) is 0 Å². The van der Waals surface area contributed by atoms with Gasteiger partial charge in [-0.15, -0.1) is 16.4 Å². The molecule has 0 aliphatic heterocycles. The molecule has 4 rings (SSSR count). The summed E-state index contributed by atoms with van der Waals surface area (Å²) in [6.45, 7) is 0. The van der Waals surface area contributed by atoms with Crippen LogP contribution in [-0.4, -0.2) is 50.2 Å². The van der Waals surface area contributed by atoms with Gasteiger partial charge in [0.2, 0.25) is 0 Å². The first-order chi connectivity index (χ1) is 15.8. The Labute approximate surface area is 198 Å². The van der Waals surface area contributed by atoms with Crippen molar-refractivity contribution in [3.63, 3.8) is 0 Å². The Morgan fingerprint density at radius 3 is 2.64 bits per heavy atom. The molecule has 10 heteroatoms. The number of carbonyl (C=O) groups is 2. The predicted octanol–water partition coefficient (Wildman–Crippen LogP) is 3.65. The topological polar surface area (TPSA) is 90.1 Å². The molecule has 0 aliphatic rings. The summed E-state index contributed by atoms with van der Waals surface area (Å²) in [6.07, 6.45) is 4.02. The highest BCUT2D eigenvalue weighted by molar-refractivity contribution is 7.18. The number of hydrogen-bond donors (Lipinski definition) is 0. The van der Waals surface area contributed by atoms with Crippen LogP contribution in [0.2, 0.25) is 4.34 Å². The molecule has 3 aromatic heterocycles. The average molecular weight is 482 g/mol. The summed E-state index contributed by atoms with van der Waals surface area (Å²) in [4.78, 5) is 39.6. The number of amides is 1. The Morgan fingerprint density at radius 1 is 1.12 bits per heavy atom. The monoisotopic (exact) mass is 481 g/mol. The van der Waals surface area contributed by atoms with Crippen LogP contribution < -0.4 is 5.56 Å². The molecule has 0 N–H and O–H groups in total. The fourth-order valence-corrected chi connectivity index (χ4v) is 4.30. The molecule has 1 amide bonds. The number of pyridine rings is 1. The molecule has 0 radical (unpaired) electrons. The van der Waals surface area contributed by atoms with Gasteiger partial charge in [-0.2, -0.15) is 0 Å². The third-order valence-corrected chi connectivity index (χ3v) is 6.23. The second-order valence-electron chi connectivity index (χ2n) is 7.49. The zero-order valence-electron chi connectivity index (χ0n) is 17.9. The van der Waals surface area contributed by atoms with E-state index in [-0.39, 0.29) is 23.7 Å². The number of carbonyl (C=O) groups excluding carboxylic acids is 2. The minimum atomic E-state index is -0.238. The van der Waals surface area contributed by atoms with Gasteiger partial charge in [0.15, 0.2) is 5.78 Å². The molecule has 0 atom stereocenters. The summed E-state index contributed by atoms with van der Waals surface area (Å²) in [5.41, 5.74) is 1.88. The Hall–Kier alpha value is -3.56. The Kier molecular flexibility index (Phi) is 6.52. The van der Waals surface area contributed by atoms with Gasteiger partial charge in [0.25, 0.3) is 11.5 Å². The normalized spacial score (nSPS) is 10.9. The maximum absolute atomic E-state index is 12.9. The number of Topliss-reactive ketones (excluding diaryl/α,β-unsaturated/α-hetero) is 1. The molecular weight excluding hydrogens is 462 g/mol. The molecule has 168 valence electrons. The van der Waals surface area contributed by atoms with E-state index in [1.54, 1.807) is 69.0 Å². The standard InChI is InChI=1S/C23H20ClN5O3S/c1-27(2)23(32)17-13-16(28-12-4-3-5-22(28)31)7-8-18(17)29-14-15(25-26-29)6-9-19(30)20-10-11-21(24)33-20/h3-5,7-8,10-14H,6,9H2,1-2H3. The van der Waals surface area contributed by atoms with Crippen molar-refractivity contribution in [2.45, 2.75) is 12.8 Å². The second kappa shape index (κ2) is 9.51. The number of aryl methyl sites for hydroxylation is 1. The molecule has 8 nitrogen and oxygen atoms in total. The van der Waals surface area contributed by atoms with Gasteiger partial charge >= 0.3 is 0 Å². The van der Waals surface area contributed by atoms with Crippen molar-refractivity contribution in [2.75, 3.05) is 14.1 Å². The lowest BCUT2D eigenvalue weighted by atomic mass is 10.1. The number of thiophene rings is 1. The van der Waals surface area contributed by atoms with Gasteiger partial charge in [-0.25, -0.2) is 4.68 Å². The van der Waals surface area contributed by atoms with Crippen molar-refractivity contribution in [1.82, 2.24) is 24.5 Å². The summed E-state index contributed by atoms with van der Waals surface area (Å²) in [7, 11) is 3.31. The second-order valence-corrected chi connectivity index (χ2v) is 9.21. The molecule has 3 heterocycles. The Bertz CT molecular complexity index is 1390. The Morgan fingerprint density at radius 2 is 1.94 bits per heavy atom. The molecule has 0 fully saturated rings. The lowest BCUT2D eigenvalue weighted by Crippen LogP contribution is -2.24. The zero-order chi connectivity index (χ0) is 23.5. The average Bonchev–Trinajstić information content (AvgIpc) is 3.46. The molecule has 1 aromatic carbocycles. The first kappa shape index (κ1) is 22.6. The Balaban J connectivity index is 1.62. The fourth-order valence-electron chi connectivity index (χ4n) is 3.29. The number of hydrogen-bond acceptors (Lipinski definition) is 6. The maximum atomic E-state index is 12.9. The van der Waals surface area contributed by atoms with Crippen LogP contribution in [-0.2, 0) is 6.42 Å². The quantitative estimate of drug-likeness (QED) is 0.376. The minimum Gasteiger partial charge on any atom is -0.345 e. The number of benzene rings is 1. The molecule has 4 aromatic rings. The van der Waals surface area contributed by atoms with E-state index in [4.69, 9.17) is 11.6 Å². The van der Waals surface area contributed by atoms with E-state index in [1.165, 1.54) is 31.6 Å². The number of aromatic nitrogens is 4. The predicted molar refractivity (Wildman–Crippen MR) is 127 cm³/mol. The van der Waals surface area contributed by atoms with Gasteiger partial charge in [-0.1, -0.05) is 22.9 Å². The summed E-state index contributed by atoms with van der Waals surface area (Å²) in [5.74, 6) is -0.250. The van der Waals surface area contributed by atoms with E-state index in [0.29, 0.717) is 38.3 Å². The molecule has 0 spiro atoms. The van der Waals surface area contributed by atoms with Crippen LogP contribution in [0, 0.1) is 0 Å². The third-order valence-electron chi connectivity index (χ3n) is 4.96. The van der Waals surface area contributed by atoms with Gasteiger partial charge in [-0.05, 0) is 36.4 Å². The van der Waals surface area contributed by atoms with Crippen LogP contribution in [0.4, 0.5) is 0 Å². The highest BCUT2D eigenvalue weighted by Gasteiger charge is 2.18. The molecule has 0 aliphatic carbocycles. The molecule has 0 bridgehead atoms. The van der Waals surface area contributed by atoms with Crippen molar-refractivity contribution in [2.24, 2.45) is 0 Å².